The standard InChI is InChI=1S/C33H44N6O4/c1-5-26(4)22-39(31(40)23-38-20-19-34-37-38)35-32(41)30(21-25(2)3)29(18-12-17-27-13-8-6-9-14-27)33(42)36-43-24-28-15-10-7-11-16-28/h6-17,19-20,25-26,29-30H,5,18,21-24H2,1-4H3,(H,35,41)(H,36,42)/b17-12+/t26-,29-,30+/m0/s1. The van der Waals surface area contributed by atoms with E-state index in [4.69, 9.17) is 4.84 Å². The zero-order valence-corrected chi connectivity index (χ0v) is 25.6. The van der Waals surface area contributed by atoms with Crippen LogP contribution in [0.25, 0.3) is 6.08 Å². The molecule has 0 saturated carbocycles. The van der Waals surface area contributed by atoms with E-state index >= 15 is 0 Å². The van der Waals surface area contributed by atoms with Crippen LogP contribution in [0, 0.1) is 23.7 Å². The summed E-state index contributed by atoms with van der Waals surface area (Å²) in [6.45, 7) is 8.52. The summed E-state index contributed by atoms with van der Waals surface area (Å²) in [7, 11) is 0. The van der Waals surface area contributed by atoms with Crippen molar-refractivity contribution in [1.82, 2.24) is 30.9 Å². The van der Waals surface area contributed by atoms with Gasteiger partial charge in [-0.3, -0.25) is 29.7 Å². The molecule has 0 aliphatic carbocycles. The van der Waals surface area contributed by atoms with Gasteiger partial charge in [-0.2, -0.15) is 0 Å². The van der Waals surface area contributed by atoms with Crippen LogP contribution < -0.4 is 10.9 Å². The van der Waals surface area contributed by atoms with Crippen molar-refractivity contribution < 1.29 is 19.2 Å². The largest absolute Gasteiger partial charge is 0.273 e. The Labute approximate surface area is 254 Å². The molecular weight excluding hydrogens is 544 g/mol. The first kappa shape index (κ1) is 33.2. The average Bonchev–Trinajstić information content (AvgIpc) is 3.51. The summed E-state index contributed by atoms with van der Waals surface area (Å²) in [5.41, 5.74) is 7.35. The predicted molar refractivity (Wildman–Crippen MR) is 165 cm³/mol. The van der Waals surface area contributed by atoms with Crippen molar-refractivity contribution >= 4 is 23.8 Å². The monoisotopic (exact) mass is 588 g/mol. The van der Waals surface area contributed by atoms with Gasteiger partial charge in [0.2, 0.25) is 11.8 Å². The normalized spacial score (nSPS) is 13.4. The van der Waals surface area contributed by atoms with Gasteiger partial charge in [0.1, 0.15) is 6.54 Å². The number of carbonyl (C=O) groups excluding carboxylic acids is 3. The highest BCUT2D eigenvalue weighted by Gasteiger charge is 2.35. The molecule has 0 saturated heterocycles. The van der Waals surface area contributed by atoms with E-state index in [9.17, 15) is 14.4 Å². The third-order valence-electron chi connectivity index (χ3n) is 7.15. The number of nitrogens with zero attached hydrogens (tertiary/aromatic N) is 4. The van der Waals surface area contributed by atoms with Crippen LogP contribution in [0.2, 0.25) is 0 Å². The molecule has 10 nitrogen and oxygen atoms in total. The summed E-state index contributed by atoms with van der Waals surface area (Å²) in [5.74, 6) is -2.31. The van der Waals surface area contributed by atoms with Crippen LogP contribution in [0.1, 0.15) is 58.1 Å². The molecule has 3 amide bonds. The molecule has 3 atom stereocenters. The third-order valence-corrected chi connectivity index (χ3v) is 7.15. The fourth-order valence-corrected chi connectivity index (χ4v) is 4.58. The van der Waals surface area contributed by atoms with Gasteiger partial charge in [-0.25, -0.2) is 10.2 Å². The highest BCUT2D eigenvalue weighted by Crippen LogP contribution is 2.26. The molecule has 0 spiro atoms. The number of hydrogen-bond acceptors (Lipinski definition) is 6. The van der Waals surface area contributed by atoms with Gasteiger partial charge in [0.25, 0.3) is 5.91 Å². The number of hydrazine groups is 1. The summed E-state index contributed by atoms with van der Waals surface area (Å²) in [4.78, 5) is 46.4. The SMILES string of the molecule is CC[C@H](C)CN(NC(=O)[C@H](CC(C)C)[C@H](C/C=C/c1ccccc1)C(=O)NOCc1ccccc1)C(=O)Cn1ccnn1. The van der Waals surface area contributed by atoms with Crippen LogP contribution >= 0.6 is 0 Å². The molecule has 0 radical (unpaired) electrons. The molecule has 0 unspecified atom stereocenters. The van der Waals surface area contributed by atoms with Gasteiger partial charge in [-0.1, -0.05) is 112 Å². The van der Waals surface area contributed by atoms with E-state index in [2.05, 4.69) is 21.2 Å². The number of carbonyl (C=O) groups is 3. The van der Waals surface area contributed by atoms with Crippen molar-refractivity contribution in [2.45, 2.75) is 60.1 Å². The maximum atomic E-state index is 14.0. The predicted octanol–water partition coefficient (Wildman–Crippen LogP) is 4.81. The summed E-state index contributed by atoms with van der Waals surface area (Å²) in [6, 6.07) is 19.3. The summed E-state index contributed by atoms with van der Waals surface area (Å²) >= 11 is 0. The van der Waals surface area contributed by atoms with E-state index in [1.165, 1.54) is 15.9 Å². The number of allylic oxidation sites excluding steroid dienone is 1. The lowest BCUT2D eigenvalue weighted by atomic mass is 9.82. The number of benzene rings is 2. The van der Waals surface area contributed by atoms with E-state index in [0.717, 1.165) is 17.5 Å². The quantitative estimate of drug-likeness (QED) is 0.232. The van der Waals surface area contributed by atoms with Crippen LogP contribution in [0.4, 0.5) is 0 Å². The van der Waals surface area contributed by atoms with E-state index < -0.39 is 17.7 Å². The Kier molecular flexibility index (Phi) is 13.6. The molecule has 0 bridgehead atoms. The minimum atomic E-state index is -0.742. The molecule has 0 fully saturated rings. The van der Waals surface area contributed by atoms with Gasteiger partial charge in [0, 0.05) is 12.7 Å². The summed E-state index contributed by atoms with van der Waals surface area (Å²) in [5, 5.41) is 9.00. The molecule has 0 aliphatic rings. The van der Waals surface area contributed by atoms with E-state index in [-0.39, 0.29) is 36.8 Å². The Bertz CT molecular complexity index is 1280. The second kappa shape index (κ2) is 17.6. The molecule has 0 aliphatic heterocycles. The second-order valence-electron chi connectivity index (χ2n) is 11.2. The Balaban J connectivity index is 1.82. The Morgan fingerprint density at radius 3 is 2.30 bits per heavy atom. The maximum Gasteiger partial charge on any atom is 0.262 e. The smallest absolute Gasteiger partial charge is 0.262 e. The van der Waals surface area contributed by atoms with Crippen LogP contribution in [0.3, 0.4) is 0 Å². The first-order valence-corrected chi connectivity index (χ1v) is 14.9. The van der Waals surface area contributed by atoms with Crippen LogP contribution in [-0.4, -0.2) is 44.3 Å². The molecule has 43 heavy (non-hydrogen) atoms. The molecule has 1 heterocycles. The van der Waals surface area contributed by atoms with Crippen molar-refractivity contribution in [1.29, 1.82) is 0 Å². The number of hydroxylamine groups is 1. The summed E-state index contributed by atoms with van der Waals surface area (Å²) < 4.78 is 1.42. The Hall–Kier alpha value is -4.31. The number of amides is 3. The highest BCUT2D eigenvalue weighted by molar-refractivity contribution is 5.89. The molecule has 3 rings (SSSR count). The lowest BCUT2D eigenvalue weighted by Gasteiger charge is -2.31. The van der Waals surface area contributed by atoms with Gasteiger partial charge in [0.15, 0.2) is 0 Å². The molecule has 10 heteroatoms. The maximum absolute atomic E-state index is 14.0. The number of nitrogens with one attached hydrogen (secondary N) is 2. The van der Waals surface area contributed by atoms with E-state index in [1.54, 1.807) is 6.20 Å². The first-order valence-electron chi connectivity index (χ1n) is 14.9. The second-order valence-corrected chi connectivity index (χ2v) is 11.2. The molecule has 2 aromatic carbocycles. The van der Waals surface area contributed by atoms with Crippen molar-refractivity contribution in [3.05, 3.63) is 90.3 Å². The van der Waals surface area contributed by atoms with Gasteiger partial charge in [-0.05, 0) is 35.8 Å². The number of rotatable bonds is 16. The van der Waals surface area contributed by atoms with Crippen LogP contribution in [-0.2, 0) is 32.4 Å². The van der Waals surface area contributed by atoms with Crippen LogP contribution in [0.15, 0.2) is 79.1 Å². The average molecular weight is 589 g/mol. The zero-order valence-electron chi connectivity index (χ0n) is 25.6. The van der Waals surface area contributed by atoms with Crippen molar-refractivity contribution in [3.63, 3.8) is 0 Å². The van der Waals surface area contributed by atoms with Crippen molar-refractivity contribution in [2.24, 2.45) is 23.7 Å². The fraction of sp³-hybridized carbons (Fsp3) is 0.424. The lowest BCUT2D eigenvalue weighted by Crippen LogP contribution is -2.53. The van der Waals surface area contributed by atoms with Gasteiger partial charge in [0.05, 0.1) is 24.6 Å². The van der Waals surface area contributed by atoms with Crippen LogP contribution in [0.5, 0.6) is 0 Å². The molecular formula is C33H44N6O4. The molecule has 3 aromatic rings. The molecule has 2 N–H and O–H groups in total. The summed E-state index contributed by atoms with van der Waals surface area (Å²) in [6.07, 6.45) is 8.50. The van der Waals surface area contributed by atoms with E-state index in [1.807, 2.05) is 101 Å². The lowest BCUT2D eigenvalue weighted by molar-refractivity contribution is -0.149. The molecule has 1 aromatic heterocycles. The first-order chi connectivity index (χ1) is 20.8. The minimum absolute atomic E-state index is 0.0668. The highest BCUT2D eigenvalue weighted by atomic mass is 16.6. The van der Waals surface area contributed by atoms with E-state index in [0.29, 0.717) is 19.4 Å². The zero-order chi connectivity index (χ0) is 31.0. The van der Waals surface area contributed by atoms with Crippen molar-refractivity contribution in [2.75, 3.05) is 6.54 Å². The van der Waals surface area contributed by atoms with Gasteiger partial charge >= 0.3 is 0 Å². The fourth-order valence-electron chi connectivity index (χ4n) is 4.58. The Morgan fingerprint density at radius 2 is 1.67 bits per heavy atom. The number of aromatic nitrogens is 3. The molecule has 230 valence electrons. The van der Waals surface area contributed by atoms with Gasteiger partial charge in [-0.15, -0.1) is 5.10 Å². The third kappa shape index (κ3) is 11.5. The number of hydrogen-bond donors (Lipinski definition) is 2. The topological polar surface area (TPSA) is 118 Å². The van der Waals surface area contributed by atoms with Crippen molar-refractivity contribution in [3.8, 4) is 0 Å². The Morgan fingerprint density at radius 1 is 0.977 bits per heavy atom. The van der Waals surface area contributed by atoms with Gasteiger partial charge < -0.3 is 0 Å². The minimum Gasteiger partial charge on any atom is -0.273 e.